The predicted octanol–water partition coefficient (Wildman–Crippen LogP) is 4.82. The SMILES string of the molecule is CCCCNS(=O)(=O)c1ccc(OCC(=O)Nc2cc(C(F)(F)F)cc(C(F)(F)F)c2)cc1. The average Bonchev–Trinajstić information content (AvgIpc) is 2.71. The highest BCUT2D eigenvalue weighted by atomic mass is 32.2. The Morgan fingerprint density at radius 2 is 1.48 bits per heavy atom. The standard InChI is InChI=1S/C20H20F6N2O4S/c1-2-3-8-27-33(30,31)17-6-4-16(5-7-17)32-12-18(29)28-15-10-13(19(21,22)23)9-14(11-15)20(24,25)26/h4-7,9-11,27H,2-3,8,12H2,1H3,(H,28,29). The first-order chi connectivity index (χ1) is 15.2. The summed E-state index contributed by atoms with van der Waals surface area (Å²) in [7, 11) is -3.72. The molecule has 0 unspecified atom stereocenters. The molecule has 2 N–H and O–H groups in total. The van der Waals surface area contributed by atoms with E-state index in [-0.39, 0.29) is 23.3 Å². The number of hydrogen-bond donors (Lipinski definition) is 2. The number of carbonyl (C=O) groups is 1. The molecule has 0 radical (unpaired) electrons. The maximum Gasteiger partial charge on any atom is 0.416 e. The molecule has 0 aliphatic heterocycles. The van der Waals surface area contributed by atoms with Crippen LogP contribution in [0.15, 0.2) is 47.4 Å². The lowest BCUT2D eigenvalue weighted by Gasteiger charge is -2.15. The fourth-order valence-electron chi connectivity index (χ4n) is 2.55. The van der Waals surface area contributed by atoms with Crippen LogP contribution in [-0.4, -0.2) is 27.5 Å². The van der Waals surface area contributed by atoms with Crippen molar-refractivity contribution < 1.29 is 44.3 Å². The molecule has 2 aromatic carbocycles. The van der Waals surface area contributed by atoms with Gasteiger partial charge in [-0.2, -0.15) is 26.3 Å². The van der Waals surface area contributed by atoms with Gasteiger partial charge in [0.1, 0.15) is 5.75 Å². The topological polar surface area (TPSA) is 84.5 Å². The molecule has 182 valence electrons. The number of nitrogens with one attached hydrogen (secondary N) is 2. The summed E-state index contributed by atoms with van der Waals surface area (Å²) < 4.78 is 109. The van der Waals surface area contributed by atoms with E-state index in [1.165, 1.54) is 24.3 Å². The third-order valence-corrected chi connectivity index (χ3v) is 5.67. The smallest absolute Gasteiger partial charge is 0.416 e. The molecule has 13 heteroatoms. The van der Waals surface area contributed by atoms with E-state index in [2.05, 4.69) is 4.72 Å². The molecule has 6 nitrogen and oxygen atoms in total. The number of rotatable bonds is 9. The van der Waals surface area contributed by atoms with Gasteiger partial charge in [-0.3, -0.25) is 4.79 Å². The molecule has 0 atom stereocenters. The van der Waals surface area contributed by atoms with Gasteiger partial charge < -0.3 is 10.1 Å². The average molecular weight is 498 g/mol. The van der Waals surface area contributed by atoms with E-state index >= 15 is 0 Å². The predicted molar refractivity (Wildman–Crippen MR) is 107 cm³/mol. The third-order valence-electron chi connectivity index (χ3n) is 4.20. The van der Waals surface area contributed by atoms with Crippen molar-refractivity contribution in [1.82, 2.24) is 4.72 Å². The number of unbranched alkanes of at least 4 members (excludes halogenated alkanes) is 1. The molecule has 2 aromatic rings. The van der Waals surface area contributed by atoms with Gasteiger partial charge in [0.15, 0.2) is 6.61 Å². The van der Waals surface area contributed by atoms with E-state index in [9.17, 15) is 39.6 Å². The molecule has 0 aliphatic rings. The molecule has 0 saturated carbocycles. The molecular weight excluding hydrogens is 478 g/mol. The van der Waals surface area contributed by atoms with Crippen LogP contribution in [0.3, 0.4) is 0 Å². The number of halogens is 6. The minimum absolute atomic E-state index is 0.0425. The quantitative estimate of drug-likeness (QED) is 0.384. The van der Waals surface area contributed by atoms with Crippen LogP contribution < -0.4 is 14.8 Å². The Kier molecular flexibility index (Phi) is 8.36. The lowest BCUT2D eigenvalue weighted by atomic mass is 10.1. The zero-order valence-electron chi connectivity index (χ0n) is 17.2. The van der Waals surface area contributed by atoms with Crippen molar-refractivity contribution in [3.63, 3.8) is 0 Å². The normalized spacial score (nSPS) is 12.5. The number of hydrogen-bond acceptors (Lipinski definition) is 4. The van der Waals surface area contributed by atoms with Crippen LogP contribution in [0.2, 0.25) is 0 Å². The summed E-state index contributed by atoms with van der Waals surface area (Å²) in [6.45, 7) is 1.43. The second-order valence-electron chi connectivity index (χ2n) is 6.85. The van der Waals surface area contributed by atoms with Crippen LogP contribution in [0.5, 0.6) is 5.75 Å². The van der Waals surface area contributed by atoms with Gasteiger partial charge in [-0.1, -0.05) is 13.3 Å². The largest absolute Gasteiger partial charge is 0.484 e. The Morgan fingerprint density at radius 3 is 1.97 bits per heavy atom. The van der Waals surface area contributed by atoms with Gasteiger partial charge in [0.2, 0.25) is 10.0 Å². The Morgan fingerprint density at radius 1 is 0.939 bits per heavy atom. The van der Waals surface area contributed by atoms with Crippen molar-refractivity contribution >= 4 is 21.6 Å². The summed E-state index contributed by atoms with van der Waals surface area (Å²) in [5, 5.41) is 1.93. The zero-order chi connectivity index (χ0) is 24.9. The summed E-state index contributed by atoms with van der Waals surface area (Å²) in [6, 6.07) is 5.66. The van der Waals surface area contributed by atoms with Crippen molar-refractivity contribution in [2.24, 2.45) is 0 Å². The zero-order valence-corrected chi connectivity index (χ0v) is 18.0. The van der Waals surface area contributed by atoms with Gasteiger partial charge in [0, 0.05) is 12.2 Å². The summed E-state index contributed by atoms with van der Waals surface area (Å²) in [5.41, 5.74) is -3.85. The second kappa shape index (κ2) is 10.4. The number of benzene rings is 2. The maximum atomic E-state index is 12.9. The molecule has 0 spiro atoms. The van der Waals surface area contributed by atoms with Crippen molar-refractivity contribution in [3.8, 4) is 5.75 Å². The van der Waals surface area contributed by atoms with Crippen LogP contribution >= 0.6 is 0 Å². The highest BCUT2D eigenvalue weighted by Crippen LogP contribution is 2.37. The van der Waals surface area contributed by atoms with Crippen LogP contribution in [0, 0.1) is 0 Å². The molecule has 0 heterocycles. The van der Waals surface area contributed by atoms with Crippen LogP contribution in [0.1, 0.15) is 30.9 Å². The Hall–Kier alpha value is -2.80. The number of anilines is 1. The summed E-state index contributed by atoms with van der Waals surface area (Å²) in [5.74, 6) is -0.946. The number of carbonyl (C=O) groups excluding carboxylic acids is 1. The Balaban J connectivity index is 2.04. The molecule has 1 amide bonds. The van der Waals surface area contributed by atoms with Gasteiger partial charge in [-0.15, -0.1) is 0 Å². The Bertz CT molecular complexity index is 1040. The van der Waals surface area contributed by atoms with Gasteiger partial charge in [-0.05, 0) is 48.9 Å². The third kappa shape index (κ3) is 7.93. The molecule has 0 bridgehead atoms. The monoisotopic (exact) mass is 498 g/mol. The molecule has 0 saturated heterocycles. The van der Waals surface area contributed by atoms with E-state index in [1.54, 1.807) is 0 Å². The lowest BCUT2D eigenvalue weighted by Crippen LogP contribution is -2.24. The van der Waals surface area contributed by atoms with Gasteiger partial charge in [0.25, 0.3) is 5.91 Å². The van der Waals surface area contributed by atoms with E-state index < -0.39 is 51.7 Å². The minimum atomic E-state index is -5.05. The van der Waals surface area contributed by atoms with Gasteiger partial charge >= 0.3 is 12.4 Å². The van der Waals surface area contributed by atoms with E-state index in [4.69, 9.17) is 4.74 Å². The lowest BCUT2D eigenvalue weighted by molar-refractivity contribution is -0.143. The number of amides is 1. The van der Waals surface area contributed by atoms with Crippen molar-refractivity contribution in [3.05, 3.63) is 53.6 Å². The fourth-order valence-corrected chi connectivity index (χ4v) is 3.63. The summed E-state index contributed by atoms with van der Waals surface area (Å²) in [4.78, 5) is 11.9. The van der Waals surface area contributed by atoms with Crippen molar-refractivity contribution in [2.75, 3.05) is 18.5 Å². The molecule has 33 heavy (non-hydrogen) atoms. The van der Waals surface area contributed by atoms with E-state index in [0.29, 0.717) is 18.6 Å². The maximum absolute atomic E-state index is 12.9. The molecule has 0 aromatic heterocycles. The van der Waals surface area contributed by atoms with Crippen molar-refractivity contribution in [2.45, 2.75) is 37.0 Å². The summed E-state index contributed by atoms with van der Waals surface area (Å²) >= 11 is 0. The Labute approximate surface area is 186 Å². The molecule has 0 fully saturated rings. The number of sulfonamides is 1. The number of alkyl halides is 6. The summed E-state index contributed by atoms with van der Waals surface area (Å²) in [6.07, 6.45) is -8.64. The fraction of sp³-hybridized carbons (Fsp3) is 0.350. The highest BCUT2D eigenvalue weighted by molar-refractivity contribution is 7.89. The van der Waals surface area contributed by atoms with Gasteiger partial charge in [-0.25, -0.2) is 13.1 Å². The first-order valence-electron chi connectivity index (χ1n) is 9.54. The van der Waals surface area contributed by atoms with Gasteiger partial charge in [0.05, 0.1) is 16.0 Å². The first-order valence-corrected chi connectivity index (χ1v) is 11.0. The highest BCUT2D eigenvalue weighted by Gasteiger charge is 2.37. The first kappa shape index (κ1) is 26.5. The minimum Gasteiger partial charge on any atom is -0.484 e. The van der Waals surface area contributed by atoms with E-state index in [0.717, 1.165) is 6.42 Å². The van der Waals surface area contributed by atoms with Crippen molar-refractivity contribution in [1.29, 1.82) is 0 Å². The molecule has 2 rings (SSSR count). The molecule has 0 aliphatic carbocycles. The molecular formula is C20H20F6N2O4S. The second-order valence-corrected chi connectivity index (χ2v) is 8.62. The van der Waals surface area contributed by atoms with E-state index in [1.807, 2.05) is 12.2 Å². The van der Waals surface area contributed by atoms with Crippen LogP contribution in [0.25, 0.3) is 0 Å². The number of ether oxygens (including phenoxy) is 1. The van der Waals surface area contributed by atoms with Crippen LogP contribution in [-0.2, 0) is 27.2 Å². The van der Waals surface area contributed by atoms with Crippen LogP contribution in [0.4, 0.5) is 32.0 Å².